The van der Waals surface area contributed by atoms with Crippen LogP contribution in [0.25, 0.3) is 0 Å². The number of fused-ring (bicyclic) bond motifs is 1. The van der Waals surface area contributed by atoms with Gasteiger partial charge in [0, 0.05) is 19.6 Å². The molecule has 2 amide bonds. The van der Waals surface area contributed by atoms with E-state index < -0.39 is 0 Å². The molecule has 0 spiro atoms. The molecule has 0 aromatic heterocycles. The van der Waals surface area contributed by atoms with Gasteiger partial charge in [0.2, 0.25) is 11.8 Å². The second kappa shape index (κ2) is 3.78. The molecule has 5 heteroatoms. The first-order valence-corrected chi connectivity index (χ1v) is 6.36. The average molecular weight is 237 g/mol. The summed E-state index contributed by atoms with van der Waals surface area (Å²) in [6.45, 7) is 5.24. The van der Waals surface area contributed by atoms with Crippen molar-refractivity contribution in [3.63, 3.8) is 0 Å². The minimum absolute atomic E-state index is 0.0187. The fourth-order valence-electron chi connectivity index (χ4n) is 3.61. The highest BCUT2D eigenvalue weighted by atomic mass is 16.2. The maximum absolute atomic E-state index is 12.0. The fourth-order valence-corrected chi connectivity index (χ4v) is 3.61. The Morgan fingerprint density at radius 2 is 2.06 bits per heavy atom. The van der Waals surface area contributed by atoms with Crippen LogP contribution in [0.15, 0.2) is 0 Å². The Morgan fingerprint density at radius 1 is 1.29 bits per heavy atom. The molecule has 3 heterocycles. The van der Waals surface area contributed by atoms with Gasteiger partial charge in [-0.3, -0.25) is 19.4 Å². The first-order valence-electron chi connectivity index (χ1n) is 6.36. The largest absolute Gasteiger partial charge is 0.316 e. The Balaban J connectivity index is 1.78. The van der Waals surface area contributed by atoms with E-state index in [1.165, 1.54) is 4.90 Å². The lowest BCUT2D eigenvalue weighted by molar-refractivity contribution is -0.138. The van der Waals surface area contributed by atoms with Gasteiger partial charge < -0.3 is 5.32 Å². The van der Waals surface area contributed by atoms with Gasteiger partial charge in [-0.1, -0.05) is 0 Å². The molecule has 4 atom stereocenters. The van der Waals surface area contributed by atoms with Crippen molar-refractivity contribution in [1.82, 2.24) is 15.1 Å². The first-order chi connectivity index (χ1) is 8.09. The molecule has 3 aliphatic heterocycles. The van der Waals surface area contributed by atoms with Gasteiger partial charge in [0.05, 0.1) is 12.5 Å². The van der Waals surface area contributed by atoms with Gasteiger partial charge in [0.25, 0.3) is 0 Å². The Labute approximate surface area is 101 Å². The zero-order valence-corrected chi connectivity index (χ0v) is 10.3. The third-order valence-electron chi connectivity index (χ3n) is 4.74. The zero-order valence-electron chi connectivity index (χ0n) is 10.3. The van der Waals surface area contributed by atoms with Crippen LogP contribution in [0, 0.1) is 11.8 Å². The average Bonchev–Trinajstić information content (AvgIpc) is 2.93. The van der Waals surface area contributed by atoms with E-state index >= 15 is 0 Å². The normalized spacial score (nSPS) is 42.6. The SMILES string of the molecule is CC1C2CNCC2CN1C1CC(=O)N(C)C1=O. The second-order valence-electron chi connectivity index (χ2n) is 5.53. The number of nitrogens with zero attached hydrogens (tertiary/aromatic N) is 2. The monoisotopic (exact) mass is 237 g/mol. The third kappa shape index (κ3) is 1.52. The maximum atomic E-state index is 12.0. The molecule has 4 unspecified atom stereocenters. The highest BCUT2D eigenvalue weighted by molar-refractivity contribution is 6.05. The number of carbonyl (C=O) groups is 2. The molecule has 94 valence electrons. The van der Waals surface area contributed by atoms with E-state index in [0.29, 0.717) is 24.3 Å². The number of nitrogens with one attached hydrogen (secondary N) is 1. The maximum Gasteiger partial charge on any atom is 0.246 e. The van der Waals surface area contributed by atoms with Crippen molar-refractivity contribution in [2.45, 2.75) is 25.4 Å². The Morgan fingerprint density at radius 3 is 2.65 bits per heavy atom. The summed E-state index contributed by atoms with van der Waals surface area (Å²) in [6, 6.07) is 0.205. The first kappa shape index (κ1) is 11.2. The molecule has 0 radical (unpaired) electrons. The summed E-state index contributed by atoms with van der Waals surface area (Å²) >= 11 is 0. The van der Waals surface area contributed by atoms with Crippen molar-refractivity contribution >= 4 is 11.8 Å². The van der Waals surface area contributed by atoms with Crippen LogP contribution in [-0.4, -0.2) is 60.4 Å². The molecule has 0 bridgehead atoms. The highest BCUT2D eigenvalue weighted by Crippen LogP contribution is 2.35. The number of likely N-dealkylation sites (N-methyl/N-ethyl adjacent to an activating group) is 1. The molecule has 0 aromatic rings. The summed E-state index contributed by atoms with van der Waals surface area (Å²) in [6.07, 6.45) is 0.368. The van der Waals surface area contributed by atoms with Gasteiger partial charge in [0.1, 0.15) is 0 Å². The van der Waals surface area contributed by atoms with Crippen molar-refractivity contribution in [3.8, 4) is 0 Å². The lowest BCUT2D eigenvalue weighted by atomic mass is 9.95. The van der Waals surface area contributed by atoms with Crippen LogP contribution >= 0.6 is 0 Å². The van der Waals surface area contributed by atoms with Gasteiger partial charge in [-0.05, 0) is 31.8 Å². The number of rotatable bonds is 1. The van der Waals surface area contributed by atoms with E-state index in [1.54, 1.807) is 7.05 Å². The second-order valence-corrected chi connectivity index (χ2v) is 5.53. The summed E-state index contributed by atoms with van der Waals surface area (Å²) in [5.74, 6) is 1.24. The fraction of sp³-hybridized carbons (Fsp3) is 0.833. The smallest absolute Gasteiger partial charge is 0.246 e. The van der Waals surface area contributed by atoms with Crippen LogP contribution in [0.4, 0.5) is 0 Å². The lowest BCUT2D eigenvalue weighted by Gasteiger charge is -2.28. The van der Waals surface area contributed by atoms with Crippen LogP contribution in [0.5, 0.6) is 0 Å². The third-order valence-corrected chi connectivity index (χ3v) is 4.74. The van der Waals surface area contributed by atoms with E-state index in [4.69, 9.17) is 0 Å². The van der Waals surface area contributed by atoms with Crippen LogP contribution in [0.1, 0.15) is 13.3 Å². The summed E-state index contributed by atoms with van der Waals surface area (Å²) < 4.78 is 0. The van der Waals surface area contributed by atoms with E-state index in [2.05, 4.69) is 17.1 Å². The minimum atomic E-state index is -0.201. The molecule has 0 aromatic carbocycles. The van der Waals surface area contributed by atoms with E-state index in [0.717, 1.165) is 19.6 Å². The molecule has 3 fully saturated rings. The van der Waals surface area contributed by atoms with E-state index in [9.17, 15) is 9.59 Å². The van der Waals surface area contributed by atoms with Crippen molar-refractivity contribution in [1.29, 1.82) is 0 Å². The topological polar surface area (TPSA) is 52.7 Å². The van der Waals surface area contributed by atoms with Gasteiger partial charge in [-0.25, -0.2) is 0 Å². The molecule has 17 heavy (non-hydrogen) atoms. The molecule has 0 saturated carbocycles. The summed E-state index contributed by atoms with van der Waals surface area (Å²) in [5.41, 5.74) is 0. The van der Waals surface area contributed by atoms with Crippen LogP contribution in [0.3, 0.4) is 0 Å². The standard InChI is InChI=1S/C12H19N3O2/c1-7-9-5-13-4-8(9)6-15(7)10-3-11(16)14(2)12(10)17/h7-10,13H,3-6H2,1-2H3. The summed E-state index contributed by atoms with van der Waals surface area (Å²) in [5, 5.41) is 3.41. The Bertz CT molecular complexity index is 371. The number of hydrogen-bond acceptors (Lipinski definition) is 4. The molecular weight excluding hydrogens is 218 g/mol. The van der Waals surface area contributed by atoms with Crippen molar-refractivity contribution in [2.75, 3.05) is 26.7 Å². The highest BCUT2D eigenvalue weighted by Gasteiger charge is 2.49. The Hall–Kier alpha value is -0.940. The molecule has 5 nitrogen and oxygen atoms in total. The predicted octanol–water partition coefficient (Wildman–Crippen LogP) is -0.717. The van der Waals surface area contributed by atoms with Crippen molar-refractivity contribution in [3.05, 3.63) is 0 Å². The van der Waals surface area contributed by atoms with Gasteiger partial charge in [-0.15, -0.1) is 0 Å². The van der Waals surface area contributed by atoms with Crippen molar-refractivity contribution < 1.29 is 9.59 Å². The number of imide groups is 1. The molecule has 1 N–H and O–H groups in total. The van der Waals surface area contributed by atoms with E-state index in [1.807, 2.05) is 0 Å². The van der Waals surface area contributed by atoms with Gasteiger partial charge in [0.15, 0.2) is 0 Å². The number of likely N-dealkylation sites (tertiary alicyclic amines) is 2. The lowest BCUT2D eigenvalue weighted by Crippen LogP contribution is -2.45. The zero-order chi connectivity index (χ0) is 12.2. The van der Waals surface area contributed by atoms with Crippen LogP contribution in [0.2, 0.25) is 0 Å². The molecular formula is C12H19N3O2. The number of amides is 2. The quantitative estimate of drug-likeness (QED) is 0.612. The molecule has 3 rings (SSSR count). The molecule has 3 aliphatic rings. The minimum Gasteiger partial charge on any atom is -0.316 e. The van der Waals surface area contributed by atoms with Gasteiger partial charge in [-0.2, -0.15) is 0 Å². The predicted molar refractivity (Wildman–Crippen MR) is 62.2 cm³/mol. The van der Waals surface area contributed by atoms with Crippen LogP contribution in [-0.2, 0) is 9.59 Å². The Kier molecular flexibility index (Phi) is 2.48. The number of hydrogen-bond donors (Lipinski definition) is 1. The van der Waals surface area contributed by atoms with Crippen LogP contribution < -0.4 is 5.32 Å². The van der Waals surface area contributed by atoms with E-state index in [-0.39, 0.29) is 17.9 Å². The van der Waals surface area contributed by atoms with Crippen molar-refractivity contribution in [2.24, 2.45) is 11.8 Å². The van der Waals surface area contributed by atoms with Gasteiger partial charge >= 0.3 is 0 Å². The number of carbonyl (C=O) groups excluding carboxylic acids is 2. The molecule has 3 saturated heterocycles. The molecule has 0 aliphatic carbocycles. The summed E-state index contributed by atoms with van der Waals surface area (Å²) in [4.78, 5) is 27.1. The summed E-state index contributed by atoms with van der Waals surface area (Å²) in [7, 11) is 1.59.